The highest BCUT2D eigenvalue weighted by molar-refractivity contribution is 7.57. The molecule has 118 valence electrons. The van der Waals surface area contributed by atoms with E-state index in [0.29, 0.717) is 5.57 Å². The van der Waals surface area contributed by atoms with Crippen molar-refractivity contribution in [3.63, 3.8) is 0 Å². The Balaban J connectivity index is 4.75. The first-order chi connectivity index (χ1) is 8.74. The molecule has 0 fully saturated rings. The van der Waals surface area contributed by atoms with Gasteiger partial charge in [-0.05, 0) is 46.2 Å². The zero-order valence-corrected chi connectivity index (χ0v) is 16.5. The normalized spacial score (nSPS) is 13.2. The maximum atomic E-state index is 12.8. The van der Waals surface area contributed by atoms with Gasteiger partial charge in [-0.25, -0.2) is 4.79 Å². The second-order valence-electron chi connectivity index (χ2n) is 6.66. The van der Waals surface area contributed by atoms with E-state index in [-0.39, 0.29) is 12.8 Å². The van der Waals surface area contributed by atoms with E-state index in [9.17, 15) is 9.36 Å². The molecule has 0 aromatic heterocycles. The molecule has 0 bridgehead atoms. The molecule has 0 radical (unpaired) electrons. The Morgan fingerprint density at radius 1 is 1.05 bits per heavy atom. The lowest BCUT2D eigenvalue weighted by atomic mass is 10.4. The van der Waals surface area contributed by atoms with E-state index in [1.807, 2.05) is 39.3 Å². The SMILES string of the molecule is C=C(C)C(=O)OCCP(=O)(O[Si](C)(C)C)O[Si](C)(C)C. The number of rotatable bonds is 8. The van der Waals surface area contributed by atoms with Gasteiger partial charge in [0.25, 0.3) is 0 Å². The minimum absolute atomic E-state index is 0.0118. The lowest BCUT2D eigenvalue weighted by molar-refractivity contribution is -0.138. The van der Waals surface area contributed by atoms with Gasteiger partial charge in [-0.1, -0.05) is 6.58 Å². The molecule has 0 atom stereocenters. The van der Waals surface area contributed by atoms with Gasteiger partial charge >= 0.3 is 13.6 Å². The van der Waals surface area contributed by atoms with E-state index in [4.69, 9.17) is 13.2 Å². The van der Waals surface area contributed by atoms with Gasteiger partial charge in [0, 0.05) is 5.57 Å². The third kappa shape index (κ3) is 9.66. The number of hydrogen-bond donors (Lipinski definition) is 0. The number of carbonyl (C=O) groups excluding carboxylic acids is 1. The molecule has 0 aliphatic heterocycles. The summed E-state index contributed by atoms with van der Waals surface area (Å²) in [5.74, 6) is -0.488. The standard InChI is InChI=1S/C12H27O5PSi2/c1-11(2)12(13)15-9-10-18(14,16-19(3,4)5)17-20(6,7)8/h1,9-10H2,2-8H3. The van der Waals surface area contributed by atoms with E-state index >= 15 is 0 Å². The van der Waals surface area contributed by atoms with E-state index < -0.39 is 30.2 Å². The molecule has 0 aromatic carbocycles. The van der Waals surface area contributed by atoms with Crippen LogP contribution in [0, 0.1) is 0 Å². The molecule has 0 saturated heterocycles. The van der Waals surface area contributed by atoms with Crippen LogP contribution < -0.4 is 0 Å². The molecule has 5 nitrogen and oxygen atoms in total. The van der Waals surface area contributed by atoms with Crippen molar-refractivity contribution in [1.82, 2.24) is 0 Å². The monoisotopic (exact) mass is 338 g/mol. The van der Waals surface area contributed by atoms with E-state index in [1.165, 1.54) is 0 Å². The summed E-state index contributed by atoms with van der Waals surface area (Å²) in [7, 11) is -7.26. The highest BCUT2D eigenvalue weighted by Crippen LogP contribution is 2.52. The molecular formula is C12H27O5PSi2. The van der Waals surface area contributed by atoms with Crippen molar-refractivity contribution < 1.29 is 22.5 Å². The number of carbonyl (C=O) groups is 1. The van der Waals surface area contributed by atoms with Gasteiger partial charge in [0.1, 0.15) is 6.61 Å². The largest absolute Gasteiger partial charge is 0.462 e. The van der Waals surface area contributed by atoms with Crippen LogP contribution in [0.4, 0.5) is 0 Å². The summed E-state index contributed by atoms with van der Waals surface area (Å²) in [6.07, 6.45) is 0.0839. The first-order valence-corrected chi connectivity index (χ1v) is 15.1. The highest BCUT2D eigenvalue weighted by Gasteiger charge is 2.36. The average Bonchev–Trinajstić information content (AvgIpc) is 2.10. The second kappa shape index (κ2) is 7.18. The minimum Gasteiger partial charge on any atom is -0.462 e. The molecule has 0 spiro atoms. The lowest BCUT2D eigenvalue weighted by Gasteiger charge is -2.30. The molecule has 0 unspecified atom stereocenters. The van der Waals surface area contributed by atoms with Gasteiger partial charge in [-0.15, -0.1) is 0 Å². The van der Waals surface area contributed by atoms with Crippen LogP contribution >= 0.6 is 7.60 Å². The van der Waals surface area contributed by atoms with Crippen LogP contribution in [0.5, 0.6) is 0 Å². The van der Waals surface area contributed by atoms with Crippen LogP contribution in [0.25, 0.3) is 0 Å². The van der Waals surface area contributed by atoms with E-state index in [0.717, 1.165) is 0 Å². The summed E-state index contributed by atoms with van der Waals surface area (Å²) in [6.45, 7) is 16.8. The Morgan fingerprint density at radius 3 is 1.75 bits per heavy atom. The van der Waals surface area contributed by atoms with Crippen molar-refractivity contribution >= 4 is 30.2 Å². The number of hydrogen-bond acceptors (Lipinski definition) is 5. The number of esters is 1. The Kier molecular flexibility index (Phi) is 7.10. The van der Waals surface area contributed by atoms with Crippen molar-refractivity contribution in [2.45, 2.75) is 46.2 Å². The molecule has 20 heavy (non-hydrogen) atoms. The fourth-order valence-corrected chi connectivity index (χ4v) is 9.52. The molecule has 0 aliphatic carbocycles. The summed E-state index contributed by atoms with van der Waals surface area (Å²) in [4.78, 5) is 11.3. The predicted molar refractivity (Wildman–Crippen MR) is 87.1 cm³/mol. The van der Waals surface area contributed by atoms with Crippen molar-refractivity contribution in [2.24, 2.45) is 0 Å². The van der Waals surface area contributed by atoms with Crippen molar-refractivity contribution in [2.75, 3.05) is 12.8 Å². The maximum Gasteiger partial charge on any atom is 0.333 e. The molecule has 8 heteroatoms. The summed E-state index contributed by atoms with van der Waals surface area (Å²) in [5.41, 5.74) is 0.317. The van der Waals surface area contributed by atoms with Crippen molar-refractivity contribution in [3.8, 4) is 0 Å². The fourth-order valence-electron chi connectivity index (χ4n) is 1.32. The van der Waals surface area contributed by atoms with Crippen molar-refractivity contribution in [1.29, 1.82) is 0 Å². The van der Waals surface area contributed by atoms with Crippen LogP contribution in [0.15, 0.2) is 12.2 Å². The van der Waals surface area contributed by atoms with E-state index in [1.54, 1.807) is 6.92 Å². The minimum atomic E-state index is -3.23. The summed E-state index contributed by atoms with van der Waals surface area (Å²) >= 11 is 0. The zero-order valence-electron chi connectivity index (χ0n) is 13.6. The Bertz CT molecular complexity index is 389. The predicted octanol–water partition coefficient (Wildman–Crippen LogP) is 4.00. The fraction of sp³-hybridized carbons (Fsp3) is 0.750. The second-order valence-corrected chi connectivity index (χ2v) is 18.2. The third-order valence-corrected chi connectivity index (χ3v) is 9.11. The molecule has 0 N–H and O–H groups in total. The first kappa shape index (κ1) is 19.8. The molecule has 0 heterocycles. The van der Waals surface area contributed by atoms with Crippen LogP contribution in [0.3, 0.4) is 0 Å². The lowest BCUT2D eigenvalue weighted by Crippen LogP contribution is -2.31. The quantitative estimate of drug-likeness (QED) is 0.290. The van der Waals surface area contributed by atoms with Gasteiger partial charge in [0.2, 0.25) is 0 Å². The zero-order chi connectivity index (χ0) is 16.2. The van der Waals surface area contributed by atoms with Gasteiger partial charge in [-0.3, -0.25) is 4.57 Å². The third-order valence-electron chi connectivity index (χ3n) is 1.77. The van der Waals surface area contributed by atoms with Gasteiger partial charge in [0.15, 0.2) is 16.6 Å². The van der Waals surface area contributed by atoms with E-state index in [2.05, 4.69) is 6.58 Å². The Morgan fingerprint density at radius 2 is 1.45 bits per heavy atom. The van der Waals surface area contributed by atoms with Crippen LogP contribution in [0.1, 0.15) is 6.92 Å². The van der Waals surface area contributed by atoms with Gasteiger partial charge in [-0.2, -0.15) is 0 Å². The van der Waals surface area contributed by atoms with Gasteiger partial charge < -0.3 is 13.2 Å². The smallest absolute Gasteiger partial charge is 0.333 e. The molecule has 0 aliphatic rings. The summed E-state index contributed by atoms with van der Waals surface area (Å²) in [6, 6.07) is 0. The highest BCUT2D eigenvalue weighted by atomic mass is 31.2. The summed E-state index contributed by atoms with van der Waals surface area (Å²) < 4.78 is 29.3. The molecule has 0 amide bonds. The molecular weight excluding hydrogens is 311 g/mol. The number of ether oxygens (including phenoxy) is 1. The maximum absolute atomic E-state index is 12.8. The van der Waals surface area contributed by atoms with Crippen LogP contribution in [-0.4, -0.2) is 35.4 Å². The van der Waals surface area contributed by atoms with Crippen molar-refractivity contribution in [3.05, 3.63) is 12.2 Å². The molecule has 0 saturated carbocycles. The Labute approximate surface area is 124 Å². The van der Waals surface area contributed by atoms with Gasteiger partial charge in [0.05, 0.1) is 6.16 Å². The topological polar surface area (TPSA) is 61.8 Å². The average molecular weight is 338 g/mol. The molecule has 0 rings (SSSR count). The molecule has 0 aromatic rings. The van der Waals surface area contributed by atoms with Crippen LogP contribution in [-0.2, 0) is 22.5 Å². The summed E-state index contributed by atoms with van der Waals surface area (Å²) in [5, 5.41) is 0. The van der Waals surface area contributed by atoms with Crippen LogP contribution in [0.2, 0.25) is 39.3 Å². The first-order valence-electron chi connectivity index (χ1n) is 6.57. The Hall–Kier alpha value is -0.206.